The molecule has 6 nitrogen and oxygen atoms in total. The third-order valence-electron chi connectivity index (χ3n) is 7.64. The molecule has 2 atom stereocenters. The van der Waals surface area contributed by atoms with Gasteiger partial charge in [0.15, 0.2) is 5.82 Å². The van der Waals surface area contributed by atoms with E-state index >= 15 is 0 Å². The number of aryl methyl sites for hydroxylation is 1. The summed E-state index contributed by atoms with van der Waals surface area (Å²) in [5, 5.41) is 6.52. The van der Waals surface area contributed by atoms with Gasteiger partial charge in [-0.1, -0.05) is 24.3 Å². The van der Waals surface area contributed by atoms with Crippen molar-refractivity contribution in [3.63, 3.8) is 0 Å². The van der Waals surface area contributed by atoms with Crippen LogP contribution >= 0.6 is 0 Å². The molecule has 0 saturated carbocycles. The summed E-state index contributed by atoms with van der Waals surface area (Å²) in [6.45, 7) is 6.98. The molecule has 0 spiro atoms. The van der Waals surface area contributed by atoms with E-state index < -0.39 is 0 Å². The molecule has 6 rings (SSSR count). The van der Waals surface area contributed by atoms with Gasteiger partial charge >= 0.3 is 0 Å². The summed E-state index contributed by atoms with van der Waals surface area (Å²) in [6.07, 6.45) is 3.77. The molecule has 3 aromatic carbocycles. The van der Waals surface area contributed by atoms with Crippen molar-refractivity contribution >= 4 is 16.5 Å². The highest BCUT2D eigenvalue weighted by molar-refractivity contribution is 5.94. The maximum absolute atomic E-state index is 13.7. The molecule has 0 N–H and O–H groups in total. The Labute approximate surface area is 211 Å². The Bertz CT molecular complexity index is 1390. The number of hydrogen-bond donors (Lipinski definition) is 0. The molecule has 1 fully saturated rings. The first-order valence-corrected chi connectivity index (χ1v) is 12.8. The van der Waals surface area contributed by atoms with E-state index in [0.29, 0.717) is 6.04 Å². The van der Waals surface area contributed by atoms with Crippen LogP contribution in [0.1, 0.15) is 30.6 Å². The second-order valence-corrected chi connectivity index (χ2v) is 10.0. The number of fused-ring (bicyclic) bond motifs is 2. The molecule has 36 heavy (non-hydrogen) atoms. The van der Waals surface area contributed by atoms with E-state index in [1.54, 1.807) is 23.1 Å². The van der Waals surface area contributed by atoms with E-state index in [9.17, 15) is 4.39 Å². The van der Waals surface area contributed by atoms with Crippen molar-refractivity contribution < 1.29 is 9.13 Å². The van der Waals surface area contributed by atoms with Crippen molar-refractivity contribution in [2.75, 3.05) is 37.7 Å². The molecule has 0 aliphatic carbocycles. The Morgan fingerprint density at radius 1 is 1.08 bits per heavy atom. The van der Waals surface area contributed by atoms with Crippen molar-refractivity contribution in [2.45, 2.75) is 31.9 Å². The standard InChI is InChI=1S/C29H32FN5O/c1-20-18-35(27-5-3-4-21-17-24(30)7-9-25(21)27)14-13-34(20)12-10-28-26-8-6-23(16-22(26)11-15-36-28)29-31-19-33(2)32-29/h3-9,16-17,19-20,28H,10-15,18H2,1-2H3/t20-,28+/m1/s1. The van der Waals surface area contributed by atoms with Gasteiger partial charge in [0.2, 0.25) is 0 Å². The van der Waals surface area contributed by atoms with Crippen LogP contribution in [0.5, 0.6) is 0 Å². The third-order valence-corrected chi connectivity index (χ3v) is 7.64. The lowest BCUT2D eigenvalue weighted by atomic mass is 9.93. The van der Waals surface area contributed by atoms with Crippen LogP contribution < -0.4 is 4.90 Å². The molecule has 0 radical (unpaired) electrons. The number of halogens is 1. The summed E-state index contributed by atoms with van der Waals surface area (Å²) in [4.78, 5) is 9.42. The smallest absolute Gasteiger partial charge is 0.181 e. The van der Waals surface area contributed by atoms with E-state index in [0.717, 1.165) is 67.8 Å². The van der Waals surface area contributed by atoms with Crippen molar-refractivity contribution in [1.82, 2.24) is 19.7 Å². The molecule has 0 unspecified atom stereocenters. The molecule has 1 aromatic heterocycles. The van der Waals surface area contributed by atoms with Crippen LogP contribution in [0.2, 0.25) is 0 Å². The summed E-state index contributed by atoms with van der Waals surface area (Å²) in [6, 6.07) is 18.2. The monoisotopic (exact) mass is 485 g/mol. The van der Waals surface area contributed by atoms with Gasteiger partial charge in [0.05, 0.1) is 12.7 Å². The van der Waals surface area contributed by atoms with Gasteiger partial charge in [0, 0.05) is 55.9 Å². The summed E-state index contributed by atoms with van der Waals surface area (Å²) in [7, 11) is 1.89. The van der Waals surface area contributed by atoms with Gasteiger partial charge in [0.1, 0.15) is 12.1 Å². The Morgan fingerprint density at radius 3 is 2.83 bits per heavy atom. The zero-order valence-electron chi connectivity index (χ0n) is 20.9. The lowest BCUT2D eigenvalue weighted by molar-refractivity contribution is 0.0255. The molecule has 0 amide bonds. The molecule has 2 aliphatic heterocycles. The van der Waals surface area contributed by atoms with Gasteiger partial charge in [-0.2, -0.15) is 5.10 Å². The maximum atomic E-state index is 13.7. The van der Waals surface area contributed by atoms with Gasteiger partial charge in [-0.15, -0.1) is 0 Å². The van der Waals surface area contributed by atoms with Crippen LogP contribution in [0.3, 0.4) is 0 Å². The average molecular weight is 486 g/mol. The lowest BCUT2D eigenvalue weighted by Gasteiger charge is -2.42. The normalized spacial score (nSPS) is 20.6. The number of anilines is 1. The molecular formula is C29H32FN5O. The Balaban J connectivity index is 1.11. The van der Waals surface area contributed by atoms with Gasteiger partial charge < -0.3 is 9.64 Å². The first kappa shape index (κ1) is 23.1. The molecule has 4 aromatic rings. The fraction of sp³-hybridized carbons (Fsp3) is 0.379. The predicted octanol–water partition coefficient (Wildman–Crippen LogP) is 4.99. The van der Waals surface area contributed by atoms with Gasteiger partial charge in [0.25, 0.3) is 0 Å². The van der Waals surface area contributed by atoms with Crippen LogP contribution in [0.25, 0.3) is 22.2 Å². The molecule has 1 saturated heterocycles. The minimum absolute atomic E-state index is 0.123. The summed E-state index contributed by atoms with van der Waals surface area (Å²) in [5.41, 5.74) is 4.91. The number of aromatic nitrogens is 3. The van der Waals surface area contributed by atoms with Crippen LogP contribution in [-0.4, -0.2) is 58.5 Å². The van der Waals surface area contributed by atoms with Crippen molar-refractivity contribution in [2.24, 2.45) is 7.05 Å². The minimum atomic E-state index is -0.186. The van der Waals surface area contributed by atoms with E-state index in [1.807, 2.05) is 25.2 Å². The molecular weight excluding hydrogens is 453 g/mol. The van der Waals surface area contributed by atoms with Gasteiger partial charge in [-0.05, 0) is 66.6 Å². The molecule has 7 heteroatoms. The largest absolute Gasteiger partial charge is 0.373 e. The number of piperazine rings is 1. The van der Waals surface area contributed by atoms with Crippen LogP contribution in [-0.2, 0) is 18.2 Å². The molecule has 186 valence electrons. The van der Waals surface area contributed by atoms with Crippen LogP contribution in [0.4, 0.5) is 10.1 Å². The Morgan fingerprint density at radius 2 is 2.00 bits per heavy atom. The second kappa shape index (κ2) is 9.64. The van der Waals surface area contributed by atoms with Crippen LogP contribution in [0, 0.1) is 5.82 Å². The number of hydrogen-bond acceptors (Lipinski definition) is 5. The summed E-state index contributed by atoms with van der Waals surface area (Å²) in [5.74, 6) is 0.584. The minimum Gasteiger partial charge on any atom is -0.373 e. The van der Waals surface area contributed by atoms with E-state index in [-0.39, 0.29) is 11.9 Å². The number of ether oxygens (including phenoxy) is 1. The first-order valence-electron chi connectivity index (χ1n) is 12.8. The van der Waals surface area contributed by atoms with E-state index in [1.165, 1.54) is 16.8 Å². The maximum Gasteiger partial charge on any atom is 0.181 e. The molecule has 2 aliphatic rings. The third kappa shape index (κ3) is 4.49. The number of benzene rings is 3. The highest BCUT2D eigenvalue weighted by Gasteiger charge is 2.27. The zero-order chi connectivity index (χ0) is 24.6. The summed E-state index contributed by atoms with van der Waals surface area (Å²) >= 11 is 0. The van der Waals surface area contributed by atoms with Crippen molar-refractivity contribution in [3.8, 4) is 11.4 Å². The summed E-state index contributed by atoms with van der Waals surface area (Å²) < 4.78 is 21.7. The topological polar surface area (TPSA) is 46.4 Å². The number of nitrogens with zero attached hydrogens (tertiary/aromatic N) is 5. The first-order chi connectivity index (χ1) is 17.5. The Hall–Kier alpha value is -3.29. The van der Waals surface area contributed by atoms with Gasteiger partial charge in [-0.25, -0.2) is 9.37 Å². The van der Waals surface area contributed by atoms with Crippen molar-refractivity contribution in [1.29, 1.82) is 0 Å². The van der Waals surface area contributed by atoms with E-state index in [2.05, 4.69) is 51.1 Å². The highest BCUT2D eigenvalue weighted by atomic mass is 19.1. The molecule has 0 bridgehead atoms. The van der Waals surface area contributed by atoms with Crippen molar-refractivity contribution in [3.05, 3.63) is 77.9 Å². The molecule has 3 heterocycles. The zero-order valence-corrected chi connectivity index (χ0v) is 20.9. The fourth-order valence-electron chi connectivity index (χ4n) is 5.73. The van der Waals surface area contributed by atoms with Gasteiger partial charge in [-0.3, -0.25) is 9.58 Å². The highest BCUT2D eigenvalue weighted by Crippen LogP contribution is 2.33. The van der Waals surface area contributed by atoms with E-state index in [4.69, 9.17) is 4.74 Å². The SMILES string of the molecule is C[C@@H]1CN(c2cccc3cc(F)ccc23)CCN1CC[C@@H]1OCCc2cc(-c3ncn(C)n3)ccc21. The predicted molar refractivity (Wildman–Crippen MR) is 141 cm³/mol. The Kier molecular flexibility index (Phi) is 6.19. The van der Waals surface area contributed by atoms with Crippen LogP contribution in [0.15, 0.2) is 60.9 Å². The lowest BCUT2D eigenvalue weighted by Crippen LogP contribution is -2.52. The fourth-order valence-corrected chi connectivity index (χ4v) is 5.73. The average Bonchev–Trinajstić information content (AvgIpc) is 3.33. The quantitative estimate of drug-likeness (QED) is 0.399. The number of rotatable bonds is 5. The second-order valence-electron chi connectivity index (χ2n) is 10.0.